The van der Waals surface area contributed by atoms with Crippen molar-refractivity contribution in [3.05, 3.63) is 48.2 Å². The fraction of sp³-hybridized carbons (Fsp3) is 0.231. The van der Waals surface area contributed by atoms with Gasteiger partial charge in [0.1, 0.15) is 23.5 Å². The summed E-state index contributed by atoms with van der Waals surface area (Å²) in [7, 11) is 0. The van der Waals surface area contributed by atoms with E-state index in [0.29, 0.717) is 0 Å². The Balaban J connectivity index is 1.53. The second kappa shape index (κ2) is 5.01. The summed E-state index contributed by atoms with van der Waals surface area (Å²) in [5.74, 6) is 1.85. The number of H-pyrrole nitrogens is 1. The van der Waals surface area contributed by atoms with Gasteiger partial charge in [0.2, 0.25) is 0 Å². The van der Waals surface area contributed by atoms with Crippen molar-refractivity contribution in [1.29, 1.82) is 0 Å². The molecule has 2 N–H and O–H groups in total. The van der Waals surface area contributed by atoms with E-state index in [0.717, 1.165) is 42.1 Å². The van der Waals surface area contributed by atoms with Crippen molar-refractivity contribution in [2.24, 2.45) is 0 Å². The number of aromatic amines is 1. The predicted octanol–water partition coefficient (Wildman–Crippen LogP) is 1.88. The van der Waals surface area contributed by atoms with Gasteiger partial charge in [-0.25, -0.2) is 4.98 Å². The zero-order valence-electron chi connectivity index (χ0n) is 9.89. The van der Waals surface area contributed by atoms with Crippen LogP contribution in [0, 0.1) is 0 Å². The molecular formula is C13H14N4O. The van der Waals surface area contributed by atoms with E-state index in [4.69, 9.17) is 4.42 Å². The molecule has 0 bridgehead atoms. The van der Waals surface area contributed by atoms with Gasteiger partial charge >= 0.3 is 0 Å². The van der Waals surface area contributed by atoms with Crippen molar-refractivity contribution in [3.63, 3.8) is 0 Å². The summed E-state index contributed by atoms with van der Waals surface area (Å²) < 4.78 is 5.71. The van der Waals surface area contributed by atoms with Crippen molar-refractivity contribution in [1.82, 2.24) is 20.5 Å². The van der Waals surface area contributed by atoms with Crippen LogP contribution < -0.4 is 5.32 Å². The van der Waals surface area contributed by atoms with E-state index < -0.39 is 0 Å². The van der Waals surface area contributed by atoms with Gasteiger partial charge in [-0.15, -0.1) is 0 Å². The van der Waals surface area contributed by atoms with Gasteiger partial charge in [-0.05, 0) is 12.1 Å². The van der Waals surface area contributed by atoms with E-state index in [1.807, 2.05) is 18.2 Å². The molecule has 0 aliphatic carbocycles. The highest BCUT2D eigenvalue weighted by atomic mass is 16.3. The number of aromatic nitrogens is 3. The van der Waals surface area contributed by atoms with Crippen LogP contribution >= 0.6 is 0 Å². The average Bonchev–Trinajstić information content (AvgIpc) is 3.03. The molecule has 0 saturated heterocycles. The first-order valence-electron chi connectivity index (χ1n) is 5.94. The summed E-state index contributed by atoms with van der Waals surface area (Å²) in [6.45, 7) is 1.56. The summed E-state index contributed by atoms with van der Waals surface area (Å²) in [6.07, 6.45) is 2.36. The molecule has 3 aromatic rings. The smallest absolute Gasteiger partial charge is 0.137 e. The molecule has 0 spiro atoms. The Morgan fingerprint density at radius 2 is 2.22 bits per heavy atom. The van der Waals surface area contributed by atoms with Gasteiger partial charge in [-0.3, -0.25) is 5.10 Å². The van der Waals surface area contributed by atoms with Crippen LogP contribution in [0.3, 0.4) is 0 Å². The molecule has 0 aliphatic rings. The monoisotopic (exact) mass is 242 g/mol. The maximum absolute atomic E-state index is 5.71. The summed E-state index contributed by atoms with van der Waals surface area (Å²) in [5.41, 5.74) is 0.935. The van der Waals surface area contributed by atoms with Gasteiger partial charge in [0.25, 0.3) is 0 Å². The quantitative estimate of drug-likeness (QED) is 0.670. The predicted molar refractivity (Wildman–Crippen MR) is 68.0 cm³/mol. The zero-order chi connectivity index (χ0) is 12.2. The van der Waals surface area contributed by atoms with Crippen LogP contribution in [0.25, 0.3) is 11.0 Å². The number of hydrogen-bond acceptors (Lipinski definition) is 4. The molecule has 2 heterocycles. The van der Waals surface area contributed by atoms with E-state index in [1.54, 1.807) is 0 Å². The molecule has 0 radical (unpaired) electrons. The third-order valence-electron chi connectivity index (χ3n) is 2.78. The summed E-state index contributed by atoms with van der Waals surface area (Å²) in [4.78, 5) is 4.07. The van der Waals surface area contributed by atoms with Gasteiger partial charge < -0.3 is 9.73 Å². The standard InChI is InChI=1S/C13H14N4O/c1-2-4-12-10(3-1)7-11(18-12)8-14-6-5-13-15-9-16-17-13/h1-4,7,9,14H,5-6,8H2,(H,15,16,17). The largest absolute Gasteiger partial charge is 0.460 e. The molecule has 5 heteroatoms. The Hall–Kier alpha value is -2.14. The summed E-state index contributed by atoms with van der Waals surface area (Å²) in [6, 6.07) is 10.1. The highest BCUT2D eigenvalue weighted by molar-refractivity contribution is 5.77. The molecule has 5 nitrogen and oxygen atoms in total. The molecule has 3 rings (SSSR count). The Morgan fingerprint density at radius 3 is 3.06 bits per heavy atom. The number of fused-ring (bicyclic) bond motifs is 1. The number of furan rings is 1. The lowest BCUT2D eigenvalue weighted by molar-refractivity contribution is 0.513. The van der Waals surface area contributed by atoms with Crippen LogP contribution in [0.1, 0.15) is 11.6 Å². The Kier molecular flexibility index (Phi) is 3.06. The van der Waals surface area contributed by atoms with Gasteiger partial charge in [0.15, 0.2) is 0 Å². The Morgan fingerprint density at radius 1 is 1.28 bits per heavy atom. The number of rotatable bonds is 5. The second-order valence-corrected chi connectivity index (χ2v) is 4.11. The summed E-state index contributed by atoms with van der Waals surface area (Å²) in [5, 5.41) is 11.1. The second-order valence-electron chi connectivity index (χ2n) is 4.11. The first-order chi connectivity index (χ1) is 8.92. The maximum Gasteiger partial charge on any atom is 0.137 e. The normalized spacial score (nSPS) is 11.1. The molecule has 0 amide bonds. The molecule has 1 aromatic carbocycles. The SMILES string of the molecule is c1ccc2oc(CNCCc3ncn[nH]3)cc2c1. The number of benzene rings is 1. The van der Waals surface area contributed by atoms with Crippen LogP contribution in [0.5, 0.6) is 0 Å². The number of para-hydroxylation sites is 1. The van der Waals surface area contributed by atoms with Crippen molar-refractivity contribution >= 4 is 11.0 Å². The number of nitrogens with one attached hydrogen (secondary N) is 2. The van der Waals surface area contributed by atoms with Crippen LogP contribution in [-0.2, 0) is 13.0 Å². The lowest BCUT2D eigenvalue weighted by Crippen LogP contribution is -2.16. The van der Waals surface area contributed by atoms with E-state index in [1.165, 1.54) is 6.33 Å². The maximum atomic E-state index is 5.71. The third-order valence-corrected chi connectivity index (χ3v) is 2.78. The molecule has 92 valence electrons. The van der Waals surface area contributed by atoms with Gasteiger partial charge in [-0.2, -0.15) is 5.10 Å². The molecular weight excluding hydrogens is 228 g/mol. The average molecular weight is 242 g/mol. The van der Waals surface area contributed by atoms with Crippen molar-refractivity contribution < 1.29 is 4.42 Å². The lowest BCUT2D eigenvalue weighted by Gasteiger charge is -1.99. The summed E-state index contributed by atoms with van der Waals surface area (Å²) >= 11 is 0. The van der Waals surface area contributed by atoms with Crippen LogP contribution in [0.2, 0.25) is 0 Å². The van der Waals surface area contributed by atoms with Crippen LogP contribution in [0.4, 0.5) is 0 Å². The third kappa shape index (κ3) is 2.41. The molecule has 0 saturated carbocycles. The van der Waals surface area contributed by atoms with Crippen LogP contribution in [-0.4, -0.2) is 21.7 Å². The molecule has 0 unspecified atom stereocenters. The van der Waals surface area contributed by atoms with Gasteiger partial charge in [0, 0.05) is 18.4 Å². The minimum absolute atomic E-state index is 0.725. The van der Waals surface area contributed by atoms with Crippen molar-refractivity contribution in [2.75, 3.05) is 6.54 Å². The first kappa shape index (κ1) is 11.0. The van der Waals surface area contributed by atoms with E-state index >= 15 is 0 Å². The number of nitrogens with zero attached hydrogens (tertiary/aromatic N) is 2. The Bertz CT molecular complexity index is 582. The topological polar surface area (TPSA) is 66.7 Å². The fourth-order valence-corrected chi connectivity index (χ4v) is 1.89. The first-order valence-corrected chi connectivity index (χ1v) is 5.94. The van der Waals surface area contributed by atoms with E-state index in [-0.39, 0.29) is 0 Å². The molecule has 0 atom stereocenters. The fourth-order valence-electron chi connectivity index (χ4n) is 1.89. The minimum atomic E-state index is 0.725. The highest BCUT2D eigenvalue weighted by Gasteiger charge is 2.02. The van der Waals surface area contributed by atoms with Crippen molar-refractivity contribution in [3.8, 4) is 0 Å². The minimum Gasteiger partial charge on any atom is -0.460 e. The van der Waals surface area contributed by atoms with Gasteiger partial charge in [-0.1, -0.05) is 18.2 Å². The van der Waals surface area contributed by atoms with Crippen molar-refractivity contribution in [2.45, 2.75) is 13.0 Å². The van der Waals surface area contributed by atoms with Crippen LogP contribution in [0.15, 0.2) is 41.1 Å². The molecule has 0 fully saturated rings. The van der Waals surface area contributed by atoms with E-state index in [2.05, 4.69) is 32.6 Å². The Labute approximate surface area is 104 Å². The molecule has 2 aromatic heterocycles. The lowest BCUT2D eigenvalue weighted by atomic mass is 10.2. The number of hydrogen-bond donors (Lipinski definition) is 2. The molecule has 0 aliphatic heterocycles. The van der Waals surface area contributed by atoms with E-state index in [9.17, 15) is 0 Å². The zero-order valence-corrected chi connectivity index (χ0v) is 9.89. The molecule has 18 heavy (non-hydrogen) atoms. The van der Waals surface area contributed by atoms with Gasteiger partial charge in [0.05, 0.1) is 6.54 Å². The highest BCUT2D eigenvalue weighted by Crippen LogP contribution is 2.18.